The van der Waals surface area contributed by atoms with Crippen LogP contribution in [-0.4, -0.2) is 35.3 Å². The van der Waals surface area contributed by atoms with E-state index >= 15 is 0 Å². The van der Waals surface area contributed by atoms with Crippen molar-refractivity contribution in [1.82, 2.24) is 20.4 Å². The summed E-state index contributed by atoms with van der Waals surface area (Å²) in [6.07, 6.45) is 0.124. The Morgan fingerprint density at radius 2 is 2.17 bits per heavy atom. The molecular formula is C20H26ClF3N4O. The number of alkyl halides is 3. The highest BCUT2D eigenvalue weighted by atomic mass is 35.5. The first-order valence-corrected chi connectivity index (χ1v) is 9.56. The van der Waals surface area contributed by atoms with E-state index in [-0.39, 0.29) is 30.3 Å². The average Bonchev–Trinajstić information content (AvgIpc) is 3.18. The number of nitrogens with zero attached hydrogens (tertiary/aromatic N) is 2. The van der Waals surface area contributed by atoms with Crippen LogP contribution in [0.4, 0.5) is 13.2 Å². The monoisotopic (exact) mass is 430 g/mol. The zero-order chi connectivity index (χ0) is 20.1. The fourth-order valence-corrected chi connectivity index (χ4v) is 3.40. The molecule has 3 rings (SSSR count). The quantitative estimate of drug-likeness (QED) is 0.723. The van der Waals surface area contributed by atoms with Crippen LogP contribution in [0, 0.1) is 0 Å². The minimum absolute atomic E-state index is 0. The number of amides is 1. The topological polar surface area (TPSA) is 59.0 Å². The normalized spacial score (nSPS) is 18.0. The van der Waals surface area contributed by atoms with Crippen molar-refractivity contribution in [2.24, 2.45) is 0 Å². The van der Waals surface area contributed by atoms with E-state index in [1.54, 1.807) is 12.1 Å². The van der Waals surface area contributed by atoms with Crippen LogP contribution >= 0.6 is 12.4 Å². The third-order valence-corrected chi connectivity index (χ3v) is 5.13. The summed E-state index contributed by atoms with van der Waals surface area (Å²) in [4.78, 5) is 12.3. The van der Waals surface area contributed by atoms with Crippen LogP contribution in [0.1, 0.15) is 59.8 Å². The number of aromatic nitrogens is 2. The first kappa shape index (κ1) is 23.2. The second-order valence-electron chi connectivity index (χ2n) is 7.25. The number of carbonyl (C=O) groups excluding carboxylic acids is 1. The summed E-state index contributed by atoms with van der Waals surface area (Å²) >= 11 is 0. The van der Waals surface area contributed by atoms with Gasteiger partial charge in [-0.05, 0) is 49.4 Å². The van der Waals surface area contributed by atoms with Crippen molar-refractivity contribution in [3.8, 4) is 0 Å². The Labute approximate surface area is 174 Å². The van der Waals surface area contributed by atoms with Gasteiger partial charge >= 0.3 is 6.18 Å². The minimum atomic E-state index is -4.35. The lowest BCUT2D eigenvalue weighted by atomic mass is 9.96. The molecule has 0 aliphatic carbocycles. The van der Waals surface area contributed by atoms with Gasteiger partial charge < -0.3 is 10.6 Å². The smallest absolute Gasteiger partial charge is 0.351 e. The van der Waals surface area contributed by atoms with Gasteiger partial charge in [-0.1, -0.05) is 25.1 Å². The van der Waals surface area contributed by atoms with Gasteiger partial charge in [0.1, 0.15) is 5.69 Å². The fourth-order valence-electron chi connectivity index (χ4n) is 3.40. The molecule has 2 atom stereocenters. The molecule has 29 heavy (non-hydrogen) atoms. The summed E-state index contributed by atoms with van der Waals surface area (Å²) in [6.45, 7) is 4.08. The third-order valence-electron chi connectivity index (χ3n) is 5.13. The van der Waals surface area contributed by atoms with Crippen molar-refractivity contribution < 1.29 is 18.0 Å². The number of hydrogen-bond donors (Lipinski definition) is 2. The van der Waals surface area contributed by atoms with Gasteiger partial charge in [-0.15, -0.1) is 12.4 Å². The predicted octanol–water partition coefficient (Wildman–Crippen LogP) is 4.17. The van der Waals surface area contributed by atoms with Crippen LogP contribution in [0.3, 0.4) is 0 Å². The first-order valence-electron chi connectivity index (χ1n) is 9.56. The molecule has 1 aliphatic rings. The number of nitrogens with one attached hydrogen (secondary N) is 2. The highest BCUT2D eigenvalue weighted by molar-refractivity contribution is 5.92. The molecule has 5 nitrogen and oxygen atoms in total. The van der Waals surface area contributed by atoms with Crippen LogP contribution in [0.5, 0.6) is 0 Å². The predicted molar refractivity (Wildman–Crippen MR) is 107 cm³/mol. The Hall–Kier alpha value is -2.06. The van der Waals surface area contributed by atoms with Crippen LogP contribution in [0.2, 0.25) is 0 Å². The first-order chi connectivity index (χ1) is 13.3. The summed E-state index contributed by atoms with van der Waals surface area (Å²) in [6, 6.07) is 7.29. The van der Waals surface area contributed by atoms with Crippen LogP contribution < -0.4 is 10.6 Å². The van der Waals surface area contributed by atoms with Gasteiger partial charge in [-0.25, -0.2) is 0 Å². The van der Waals surface area contributed by atoms with Gasteiger partial charge in [0.15, 0.2) is 0 Å². The summed E-state index contributed by atoms with van der Waals surface area (Å²) in [5.41, 5.74) is 0.319. The van der Waals surface area contributed by atoms with Crippen LogP contribution in [-0.2, 0) is 6.18 Å². The second kappa shape index (κ2) is 10.1. The molecule has 0 bridgehead atoms. The highest BCUT2D eigenvalue weighted by Gasteiger charge is 2.30. The average molecular weight is 431 g/mol. The van der Waals surface area contributed by atoms with E-state index < -0.39 is 11.7 Å². The van der Waals surface area contributed by atoms with Crippen molar-refractivity contribution in [2.45, 2.75) is 44.3 Å². The highest BCUT2D eigenvalue weighted by Crippen LogP contribution is 2.31. The number of halogens is 4. The van der Waals surface area contributed by atoms with Gasteiger partial charge in [0, 0.05) is 19.3 Å². The number of hydrogen-bond acceptors (Lipinski definition) is 3. The Balaban J connectivity index is 0.00000300. The molecule has 1 aromatic heterocycles. The lowest BCUT2D eigenvalue weighted by Crippen LogP contribution is -2.32. The molecule has 2 unspecified atom stereocenters. The lowest BCUT2D eigenvalue weighted by Gasteiger charge is -2.22. The molecule has 0 saturated carbocycles. The lowest BCUT2D eigenvalue weighted by molar-refractivity contribution is -0.137. The molecule has 1 aliphatic heterocycles. The molecule has 9 heteroatoms. The van der Waals surface area contributed by atoms with Gasteiger partial charge in [-0.2, -0.15) is 18.3 Å². The third kappa shape index (κ3) is 6.21. The molecule has 1 amide bonds. The summed E-state index contributed by atoms with van der Waals surface area (Å²) in [7, 11) is 0. The number of piperidine rings is 1. The van der Waals surface area contributed by atoms with E-state index in [1.165, 1.54) is 12.1 Å². The van der Waals surface area contributed by atoms with E-state index in [0.29, 0.717) is 24.2 Å². The number of rotatable bonds is 6. The van der Waals surface area contributed by atoms with E-state index in [0.717, 1.165) is 32.0 Å². The van der Waals surface area contributed by atoms with E-state index in [4.69, 9.17) is 0 Å². The maximum atomic E-state index is 12.8. The van der Waals surface area contributed by atoms with Crippen molar-refractivity contribution in [3.05, 3.63) is 53.3 Å². The second-order valence-corrected chi connectivity index (χ2v) is 7.25. The van der Waals surface area contributed by atoms with Crippen molar-refractivity contribution in [1.29, 1.82) is 0 Å². The molecule has 2 aromatic rings. The SMILES string of the molecule is CC(CCNC(=O)c1ccn(C2CCCNC2)n1)c1cccc(C(F)(F)F)c1.Cl. The molecule has 1 aromatic carbocycles. The van der Waals surface area contributed by atoms with Crippen molar-refractivity contribution in [3.63, 3.8) is 0 Å². The number of carbonyl (C=O) groups is 1. The molecule has 0 spiro atoms. The van der Waals surface area contributed by atoms with Gasteiger partial charge in [-0.3, -0.25) is 9.48 Å². The Morgan fingerprint density at radius 1 is 1.38 bits per heavy atom. The maximum Gasteiger partial charge on any atom is 0.416 e. The van der Waals surface area contributed by atoms with Crippen LogP contribution in [0.25, 0.3) is 0 Å². The zero-order valence-electron chi connectivity index (χ0n) is 16.2. The van der Waals surface area contributed by atoms with Crippen molar-refractivity contribution in [2.75, 3.05) is 19.6 Å². The summed E-state index contributed by atoms with van der Waals surface area (Å²) < 4.78 is 40.4. The molecule has 160 valence electrons. The standard InChI is InChI=1S/C20H25F3N4O.ClH/c1-14(15-4-2-5-16(12-15)20(21,22)23)7-10-25-19(28)18-8-11-27(26-18)17-6-3-9-24-13-17;/h2,4-5,8,11-12,14,17,24H,3,6-7,9-10,13H2,1H3,(H,25,28);1H. The molecular weight excluding hydrogens is 405 g/mol. The van der Waals surface area contributed by atoms with E-state index in [1.807, 2.05) is 17.8 Å². The van der Waals surface area contributed by atoms with E-state index in [9.17, 15) is 18.0 Å². The molecule has 1 saturated heterocycles. The Kier molecular flexibility index (Phi) is 8.10. The zero-order valence-corrected chi connectivity index (χ0v) is 17.0. The van der Waals surface area contributed by atoms with E-state index in [2.05, 4.69) is 15.7 Å². The van der Waals surface area contributed by atoms with Crippen LogP contribution in [0.15, 0.2) is 36.5 Å². The van der Waals surface area contributed by atoms with Gasteiger partial charge in [0.05, 0.1) is 11.6 Å². The molecule has 0 radical (unpaired) electrons. The Morgan fingerprint density at radius 3 is 2.86 bits per heavy atom. The van der Waals surface area contributed by atoms with Gasteiger partial charge in [0.2, 0.25) is 0 Å². The summed E-state index contributed by atoms with van der Waals surface area (Å²) in [5, 5.41) is 10.5. The largest absolute Gasteiger partial charge is 0.416 e. The molecule has 1 fully saturated rings. The maximum absolute atomic E-state index is 12.8. The molecule has 2 N–H and O–H groups in total. The number of benzene rings is 1. The fraction of sp³-hybridized carbons (Fsp3) is 0.500. The molecule has 2 heterocycles. The minimum Gasteiger partial charge on any atom is -0.351 e. The Bertz CT molecular complexity index is 803. The van der Waals surface area contributed by atoms with Gasteiger partial charge in [0.25, 0.3) is 5.91 Å². The van der Waals surface area contributed by atoms with Crippen molar-refractivity contribution >= 4 is 18.3 Å². The summed E-state index contributed by atoms with van der Waals surface area (Å²) in [5.74, 6) is -0.368.